The van der Waals surface area contributed by atoms with E-state index in [2.05, 4.69) is 0 Å². The fourth-order valence-electron chi connectivity index (χ4n) is 0.0907. The second-order valence-electron chi connectivity index (χ2n) is 0.544. The molecule has 0 aliphatic carbocycles. The van der Waals surface area contributed by atoms with Crippen molar-refractivity contribution in [3.63, 3.8) is 0 Å². The minimum absolute atomic E-state index is 0.980. The molecule has 0 atom stereocenters. The van der Waals surface area contributed by atoms with Crippen molar-refractivity contribution in [3.05, 3.63) is 0 Å². The summed E-state index contributed by atoms with van der Waals surface area (Å²) in [4.78, 5) is 0. The fourth-order valence-corrected chi connectivity index (χ4v) is 1230. The zero-order valence-electron chi connectivity index (χ0n) is 3.27. The average molecular weight is 1020 g/mol. The zero-order chi connectivity index (χ0) is 5.66. The van der Waals surface area contributed by atoms with Crippen LogP contribution in [0.4, 0.5) is 0 Å². The molecule has 0 nitrogen and oxygen atoms in total. The van der Waals surface area contributed by atoms with E-state index < -0.39 is 0 Å². The van der Waals surface area contributed by atoms with E-state index in [4.69, 9.17) is 0 Å². The summed E-state index contributed by atoms with van der Waals surface area (Å²) in [6.45, 7) is 0. The van der Waals surface area contributed by atoms with Gasteiger partial charge in [-0.3, -0.25) is 0 Å². The van der Waals surface area contributed by atoms with Gasteiger partial charge in [0.05, 0.1) is 0 Å². The van der Waals surface area contributed by atoms with Gasteiger partial charge in [0.15, 0.2) is 0 Å². The Balaban J connectivity index is 2.00. The van der Waals surface area contributed by atoms with Crippen molar-refractivity contribution in [2.75, 3.05) is 0 Å². The number of hydrogen-bond donors (Lipinski definition) is 0. The fraction of sp³-hybridized carbons (Fsp3) is 0. The summed E-state index contributed by atoms with van der Waals surface area (Å²) in [6, 6.07) is 0. The molecule has 64 valence electrons. The number of rotatable bonds is 0. The summed E-state index contributed by atoms with van der Waals surface area (Å²) >= 11 is 7.84. The summed E-state index contributed by atoms with van der Waals surface area (Å²) in [7, 11) is 0. The molecule has 1 fully saturated rings. The van der Waals surface area contributed by atoms with Crippen molar-refractivity contribution in [3.8, 4) is 0 Å². The summed E-state index contributed by atoms with van der Waals surface area (Å²) in [5.41, 5.74) is 0. The molecule has 0 amide bonds. The van der Waals surface area contributed by atoms with Gasteiger partial charge >= 0.3 is 106 Å². The molecule has 0 unspecified atom stereocenters. The topological polar surface area (TPSA) is 0 Å². The molecule has 1 saturated heterocycles. The van der Waals surface area contributed by atoms with E-state index >= 15 is 0 Å². The van der Waals surface area contributed by atoms with Gasteiger partial charge in [0.2, 0.25) is 0 Å². The van der Waals surface area contributed by atoms with E-state index in [-0.39, 0.29) is 0 Å². The predicted octanol–water partition coefficient (Wildman–Crippen LogP) is 4.94. The molecule has 0 spiro atoms. The number of hydrogen-bond acceptors (Lipinski definition) is 0. The third kappa shape index (κ3) is 7.26. The van der Waals surface area contributed by atoms with E-state index in [0.717, 1.165) is 106 Å². The van der Waals surface area contributed by atoms with Crippen LogP contribution in [-0.4, -0.2) is 0 Å². The average Bonchev–Trinajstić information content (AvgIpc) is 1.62. The van der Waals surface area contributed by atoms with Gasteiger partial charge in [-0.25, -0.2) is 0 Å². The summed E-state index contributed by atoms with van der Waals surface area (Å²) in [6.07, 6.45) is 0. The normalized spacial score (nSPS) is 32.0. The molecule has 0 N–H and O–H groups in total. The van der Waals surface area contributed by atoms with Gasteiger partial charge in [0.25, 0.3) is 0 Å². The first-order chi connectivity index (χ1) is 4.00. The van der Waals surface area contributed by atoms with Crippen LogP contribution in [-0.2, 0) is 0 Å². The van der Waals surface area contributed by atoms with Gasteiger partial charge in [0.1, 0.15) is 0 Å². The van der Waals surface area contributed by atoms with Crippen molar-refractivity contribution >= 4 is 106 Å². The van der Waals surface area contributed by atoms with Crippen LogP contribution in [0.5, 0.6) is 0 Å². The molecule has 0 saturated carbocycles. The molecule has 1 rings (SSSR count). The Morgan fingerprint density at radius 3 is 0.500 bits per heavy atom. The van der Waals surface area contributed by atoms with E-state index in [1.54, 1.807) is 0 Å². The van der Waals surface area contributed by atoms with Crippen LogP contribution in [0.1, 0.15) is 0 Å². The Hall–Kier alpha value is 5.84. The molecule has 0 aromatic heterocycles. The van der Waals surface area contributed by atoms with Crippen molar-refractivity contribution in [1.29, 1.82) is 0 Å². The van der Waals surface area contributed by atoms with Crippen LogP contribution in [0.3, 0.4) is 0 Å². The first-order valence-corrected chi connectivity index (χ1v) is 60.0. The SMILES string of the molecule is [IH]1[IH][IH][IH][IH][IH][IH][IH]1. The van der Waals surface area contributed by atoms with Gasteiger partial charge in [-0.05, 0) is 0 Å². The minimum atomic E-state index is 0.980. The molecule has 8 heteroatoms. The van der Waals surface area contributed by atoms with Crippen molar-refractivity contribution in [2.24, 2.45) is 0 Å². The second-order valence-corrected chi connectivity index (χ2v) is 164. The molecule has 0 aromatic rings. The predicted molar refractivity (Wildman–Crippen MR) is 123 cm³/mol. The number of halogens is 8. The third-order valence-corrected chi connectivity index (χ3v) is 450. The van der Waals surface area contributed by atoms with E-state index in [1.165, 1.54) is 0 Å². The van der Waals surface area contributed by atoms with Crippen LogP contribution in [0.2, 0.25) is 0 Å². The standard InChI is InChI=1S/H8I8/c1-2-4-6-8-7-5-3-1/h1-8H. The first kappa shape index (κ1) is 11.9. The Morgan fingerprint density at radius 1 is 0.250 bits per heavy atom. The van der Waals surface area contributed by atoms with Crippen LogP contribution < -0.4 is 0 Å². The third-order valence-electron chi connectivity index (χ3n) is 0.222. The quantitative estimate of drug-likeness (QED) is 0.302. The maximum absolute atomic E-state index is 0.980. The summed E-state index contributed by atoms with van der Waals surface area (Å²) < 4.78 is 0. The van der Waals surface area contributed by atoms with Gasteiger partial charge < -0.3 is 0 Å². The molecule has 0 bridgehead atoms. The molecular formula is H8I8. The van der Waals surface area contributed by atoms with Crippen LogP contribution in [0, 0.1) is 0 Å². The van der Waals surface area contributed by atoms with Gasteiger partial charge in [-0.1, -0.05) is 0 Å². The van der Waals surface area contributed by atoms with Gasteiger partial charge in [-0.2, -0.15) is 0 Å². The molecule has 0 radical (unpaired) electrons. The Morgan fingerprint density at radius 2 is 0.375 bits per heavy atom. The van der Waals surface area contributed by atoms with Crippen LogP contribution >= 0.6 is 106 Å². The zero-order valence-corrected chi connectivity index (χ0v) is 21.9. The van der Waals surface area contributed by atoms with E-state index in [9.17, 15) is 0 Å². The van der Waals surface area contributed by atoms with Gasteiger partial charge in [0, 0.05) is 0 Å². The van der Waals surface area contributed by atoms with Gasteiger partial charge in [-0.15, -0.1) is 0 Å². The summed E-state index contributed by atoms with van der Waals surface area (Å²) in [5, 5.41) is 0. The monoisotopic (exact) mass is 1020 g/mol. The van der Waals surface area contributed by atoms with Crippen LogP contribution in [0.25, 0.3) is 0 Å². The van der Waals surface area contributed by atoms with Crippen molar-refractivity contribution < 1.29 is 0 Å². The van der Waals surface area contributed by atoms with Crippen molar-refractivity contribution in [2.45, 2.75) is 0 Å². The molecule has 0 aromatic carbocycles. The molecule has 1 heterocycles. The van der Waals surface area contributed by atoms with E-state index in [1.807, 2.05) is 0 Å². The van der Waals surface area contributed by atoms with Crippen LogP contribution in [0.15, 0.2) is 0 Å². The Bertz CT molecular complexity index is 24.0. The Kier molecular flexibility index (Phi) is 14.0. The first-order valence-electron chi connectivity index (χ1n) is 1.33. The summed E-state index contributed by atoms with van der Waals surface area (Å²) in [5.74, 6) is 0. The molecule has 1 aliphatic heterocycles. The molecule has 1 aliphatic rings. The maximum atomic E-state index is 0.980. The Labute approximate surface area is 101 Å². The van der Waals surface area contributed by atoms with E-state index in [0.29, 0.717) is 0 Å². The molecular weight excluding hydrogens is 1020 g/mol. The van der Waals surface area contributed by atoms with Crippen molar-refractivity contribution in [1.82, 2.24) is 0 Å². The second kappa shape index (κ2) is 9.40. The molecule has 8 heavy (non-hydrogen) atoms.